The van der Waals surface area contributed by atoms with E-state index in [2.05, 4.69) is 9.93 Å². The number of nitrogens with one attached hydrogen (secondary N) is 1. The molecule has 0 bridgehead atoms. The highest BCUT2D eigenvalue weighted by Gasteiger charge is 2.13. The monoisotopic (exact) mass is 330 g/mol. The Morgan fingerprint density at radius 3 is 2.62 bits per heavy atom. The zero-order chi connectivity index (χ0) is 15.7. The number of aldehydes is 1. The largest absolute Gasteiger partial charge is 0.483 e. The van der Waals surface area contributed by atoms with Crippen LogP contribution in [0.15, 0.2) is 34.3 Å². The molecule has 0 saturated carbocycles. The number of nitrogens with zero attached hydrogens (tertiary/aromatic N) is 1. The average Bonchev–Trinajstić information content (AvgIpc) is 2.47. The molecule has 1 N–H and O–H groups in total. The van der Waals surface area contributed by atoms with Crippen molar-refractivity contribution in [2.75, 3.05) is 18.6 Å². The number of methoxy groups -OCH3 is 1. The zero-order valence-corrected chi connectivity index (χ0v) is 13.5. The maximum atomic E-state index is 12.0. The molecule has 1 aromatic carbocycles. The van der Waals surface area contributed by atoms with Crippen LogP contribution in [0.4, 0.5) is 0 Å². The normalized spacial score (nSPS) is 12.0. The molecule has 0 radical (unpaired) electrons. The lowest BCUT2D eigenvalue weighted by Gasteiger charge is -2.07. The lowest BCUT2D eigenvalue weighted by atomic mass is 10.2. The fraction of sp³-hybridized carbons (Fsp3) is 0.385. The minimum absolute atomic E-state index is 0.141. The highest BCUT2D eigenvalue weighted by molar-refractivity contribution is 7.99. The summed E-state index contributed by atoms with van der Waals surface area (Å²) in [6.07, 6.45) is 1.25. The number of ether oxygens (including phenoxy) is 1. The smallest absolute Gasteiger partial charge is 0.276 e. The fourth-order valence-corrected chi connectivity index (χ4v) is 2.78. The van der Waals surface area contributed by atoms with Gasteiger partial charge in [0, 0.05) is 17.9 Å². The van der Waals surface area contributed by atoms with Crippen LogP contribution in [-0.2, 0) is 19.6 Å². The molecule has 1 aromatic rings. The molecule has 0 amide bonds. The van der Waals surface area contributed by atoms with Crippen molar-refractivity contribution in [3.8, 4) is 0 Å². The van der Waals surface area contributed by atoms with Crippen LogP contribution in [0.5, 0.6) is 0 Å². The van der Waals surface area contributed by atoms with Crippen molar-refractivity contribution in [3.05, 3.63) is 29.8 Å². The molecular weight excluding hydrogens is 312 g/mol. The number of benzene rings is 1. The number of aryl methyl sites for hydroxylation is 1. The quantitative estimate of drug-likeness (QED) is 0.257. The zero-order valence-electron chi connectivity index (χ0n) is 11.9. The van der Waals surface area contributed by atoms with Gasteiger partial charge in [-0.05, 0) is 19.1 Å². The lowest BCUT2D eigenvalue weighted by molar-refractivity contribution is -0.105. The SMILES string of the molecule is COC(CCSCC=O)=NNS(=O)(=O)c1ccc(C)cc1. The molecule has 116 valence electrons. The maximum Gasteiger partial charge on any atom is 0.276 e. The summed E-state index contributed by atoms with van der Waals surface area (Å²) in [6, 6.07) is 6.45. The highest BCUT2D eigenvalue weighted by atomic mass is 32.2. The molecule has 0 aliphatic heterocycles. The molecule has 0 saturated heterocycles. The third kappa shape index (κ3) is 6.17. The second-order valence-electron chi connectivity index (χ2n) is 4.11. The summed E-state index contributed by atoms with van der Waals surface area (Å²) in [6.45, 7) is 1.88. The van der Waals surface area contributed by atoms with E-state index in [4.69, 9.17) is 4.74 Å². The Bertz CT molecular complexity index is 583. The summed E-state index contributed by atoms with van der Waals surface area (Å²) < 4.78 is 29.0. The van der Waals surface area contributed by atoms with Crippen LogP contribution in [0.2, 0.25) is 0 Å². The van der Waals surface area contributed by atoms with E-state index in [1.54, 1.807) is 12.1 Å². The van der Waals surface area contributed by atoms with Crippen LogP contribution in [0.25, 0.3) is 0 Å². The molecule has 0 spiro atoms. The summed E-state index contributed by atoms with van der Waals surface area (Å²) in [5.41, 5.74) is 0.974. The van der Waals surface area contributed by atoms with Gasteiger partial charge in [-0.15, -0.1) is 5.10 Å². The Morgan fingerprint density at radius 1 is 1.38 bits per heavy atom. The van der Waals surface area contributed by atoms with Crippen LogP contribution < -0.4 is 4.83 Å². The summed E-state index contributed by atoms with van der Waals surface area (Å²) in [5.74, 6) is 1.29. The fourth-order valence-electron chi connectivity index (χ4n) is 1.38. The Balaban J connectivity index is 2.66. The number of carbonyl (C=O) groups is 1. The van der Waals surface area contributed by atoms with Gasteiger partial charge in [-0.1, -0.05) is 17.7 Å². The molecule has 0 fully saturated rings. The van der Waals surface area contributed by atoms with Gasteiger partial charge in [0.2, 0.25) is 5.90 Å². The first kappa shape index (κ1) is 17.5. The number of thioether (sulfide) groups is 1. The topological polar surface area (TPSA) is 84.8 Å². The van der Waals surface area contributed by atoms with Gasteiger partial charge in [0.05, 0.1) is 12.0 Å². The van der Waals surface area contributed by atoms with Crippen LogP contribution in [-0.4, -0.2) is 39.2 Å². The van der Waals surface area contributed by atoms with Crippen molar-refractivity contribution in [1.82, 2.24) is 4.83 Å². The molecule has 21 heavy (non-hydrogen) atoms. The Hall–Kier alpha value is -1.54. The minimum atomic E-state index is -3.70. The van der Waals surface area contributed by atoms with Crippen LogP contribution in [0, 0.1) is 6.92 Å². The predicted molar refractivity (Wildman–Crippen MR) is 84.0 cm³/mol. The minimum Gasteiger partial charge on any atom is -0.483 e. The lowest BCUT2D eigenvalue weighted by Crippen LogP contribution is -2.21. The van der Waals surface area contributed by atoms with Crippen LogP contribution >= 0.6 is 11.8 Å². The number of rotatable bonds is 8. The Morgan fingerprint density at radius 2 is 2.05 bits per heavy atom. The third-order valence-corrected chi connectivity index (χ3v) is 4.59. The molecule has 0 aromatic heterocycles. The van der Waals surface area contributed by atoms with E-state index in [-0.39, 0.29) is 10.8 Å². The maximum absolute atomic E-state index is 12.0. The standard InChI is InChI=1S/C13H18N2O4S2/c1-11-3-5-12(6-4-11)21(17,18)15-14-13(19-2)7-9-20-10-8-16/h3-6,8,15H,7,9-10H2,1-2H3. The van der Waals surface area contributed by atoms with Crippen molar-refractivity contribution in [2.45, 2.75) is 18.2 Å². The van der Waals surface area contributed by atoms with E-state index in [9.17, 15) is 13.2 Å². The van der Waals surface area contributed by atoms with E-state index >= 15 is 0 Å². The number of sulfonamides is 1. The molecule has 8 heteroatoms. The Labute approximate surface area is 129 Å². The van der Waals surface area contributed by atoms with Crippen LogP contribution in [0.1, 0.15) is 12.0 Å². The van der Waals surface area contributed by atoms with Gasteiger partial charge in [0.25, 0.3) is 10.0 Å². The van der Waals surface area contributed by atoms with Crippen molar-refractivity contribution < 1.29 is 17.9 Å². The highest BCUT2D eigenvalue weighted by Crippen LogP contribution is 2.10. The number of hydrazone groups is 1. The van der Waals surface area contributed by atoms with Crippen molar-refractivity contribution in [3.63, 3.8) is 0 Å². The second-order valence-corrected chi connectivity index (χ2v) is 6.92. The first-order valence-corrected chi connectivity index (χ1v) is 8.84. The first-order chi connectivity index (χ1) is 9.99. The molecule has 6 nitrogen and oxygen atoms in total. The van der Waals surface area contributed by atoms with Crippen molar-refractivity contribution >= 4 is 34.0 Å². The van der Waals surface area contributed by atoms with Gasteiger partial charge >= 0.3 is 0 Å². The third-order valence-electron chi connectivity index (χ3n) is 2.50. The predicted octanol–water partition coefficient (Wildman–Crippen LogP) is 1.56. The van der Waals surface area contributed by atoms with E-state index < -0.39 is 10.0 Å². The van der Waals surface area contributed by atoms with Crippen molar-refractivity contribution in [2.24, 2.45) is 5.10 Å². The van der Waals surface area contributed by atoms with Gasteiger partial charge in [0.15, 0.2) is 0 Å². The first-order valence-electron chi connectivity index (χ1n) is 6.20. The number of hydrogen-bond donors (Lipinski definition) is 1. The molecular formula is C13H18N2O4S2. The molecule has 0 aliphatic rings. The van der Waals surface area contributed by atoms with Gasteiger partial charge < -0.3 is 9.53 Å². The van der Waals surface area contributed by atoms with Crippen molar-refractivity contribution in [1.29, 1.82) is 0 Å². The summed E-state index contributed by atoms with van der Waals surface area (Å²) in [4.78, 5) is 12.5. The molecule has 0 heterocycles. The van der Waals surface area contributed by atoms with E-state index in [0.717, 1.165) is 11.8 Å². The number of carbonyl (C=O) groups excluding carboxylic acids is 1. The van der Waals surface area contributed by atoms with Crippen LogP contribution in [0.3, 0.4) is 0 Å². The van der Waals surface area contributed by atoms with E-state index in [1.165, 1.54) is 31.0 Å². The van der Waals surface area contributed by atoms with Gasteiger partial charge in [-0.3, -0.25) is 0 Å². The Kier molecular flexibility index (Phi) is 7.24. The summed E-state index contributed by atoms with van der Waals surface area (Å²) in [7, 11) is -2.28. The van der Waals surface area contributed by atoms with Gasteiger partial charge in [-0.25, -0.2) is 0 Å². The van der Waals surface area contributed by atoms with E-state index in [1.807, 2.05) is 6.92 Å². The van der Waals surface area contributed by atoms with Gasteiger partial charge in [0.1, 0.15) is 6.29 Å². The molecule has 0 atom stereocenters. The summed E-state index contributed by atoms with van der Waals surface area (Å²) >= 11 is 1.42. The average molecular weight is 330 g/mol. The van der Waals surface area contributed by atoms with Gasteiger partial charge in [-0.2, -0.15) is 25.0 Å². The molecule has 1 rings (SSSR count). The van der Waals surface area contributed by atoms with E-state index in [0.29, 0.717) is 17.9 Å². The molecule has 0 unspecified atom stereocenters. The summed E-state index contributed by atoms with van der Waals surface area (Å²) in [5, 5.41) is 3.77. The number of hydrogen-bond acceptors (Lipinski definition) is 6. The molecule has 0 aliphatic carbocycles. The second kappa shape index (κ2) is 8.68.